The van der Waals surface area contributed by atoms with Crippen LogP contribution in [0.2, 0.25) is 0 Å². The largest absolute Gasteiger partial charge is 0.493 e. The first-order valence-corrected chi connectivity index (χ1v) is 11.4. The number of carbonyl (C=O) groups is 1. The van der Waals surface area contributed by atoms with Gasteiger partial charge in [0.15, 0.2) is 11.5 Å². The molecular weight excluding hydrogens is 418 g/mol. The van der Waals surface area contributed by atoms with E-state index in [1.807, 2.05) is 42.5 Å². The number of aromatic nitrogens is 1. The molecule has 2 heterocycles. The molecule has 1 unspecified atom stereocenters. The number of pyridine rings is 1. The van der Waals surface area contributed by atoms with Gasteiger partial charge in [0.05, 0.1) is 38.1 Å². The van der Waals surface area contributed by atoms with Gasteiger partial charge in [0.1, 0.15) is 0 Å². The van der Waals surface area contributed by atoms with Crippen LogP contribution in [0, 0.1) is 0 Å². The van der Waals surface area contributed by atoms with E-state index < -0.39 is 0 Å². The Balaban J connectivity index is 1.52. The van der Waals surface area contributed by atoms with Crippen molar-refractivity contribution in [3.8, 4) is 28.5 Å². The van der Waals surface area contributed by atoms with E-state index in [9.17, 15) is 4.79 Å². The van der Waals surface area contributed by atoms with Crippen LogP contribution in [0.25, 0.3) is 22.2 Å². The van der Waals surface area contributed by atoms with E-state index in [4.69, 9.17) is 19.2 Å². The van der Waals surface area contributed by atoms with Crippen molar-refractivity contribution >= 4 is 16.8 Å². The number of nitrogens with zero attached hydrogens (tertiary/aromatic N) is 2. The normalized spacial score (nSPS) is 18.3. The minimum Gasteiger partial charge on any atom is -0.493 e. The van der Waals surface area contributed by atoms with Gasteiger partial charge in [0.2, 0.25) is 5.75 Å². The van der Waals surface area contributed by atoms with Crippen LogP contribution in [0.3, 0.4) is 0 Å². The predicted octanol–water partition coefficient (Wildman–Crippen LogP) is 3.89. The first-order valence-electron chi connectivity index (χ1n) is 11.4. The number of carbonyl (C=O) groups excluding carboxylic acids is 1. The summed E-state index contributed by atoms with van der Waals surface area (Å²) < 4.78 is 16.5. The summed E-state index contributed by atoms with van der Waals surface area (Å²) in [6, 6.07) is 14.2. The second-order valence-electron chi connectivity index (χ2n) is 8.67. The first-order chi connectivity index (χ1) is 16.1. The summed E-state index contributed by atoms with van der Waals surface area (Å²) in [5, 5.41) is 4.10. The summed E-state index contributed by atoms with van der Waals surface area (Å²) in [6.07, 6.45) is 3.56. The van der Waals surface area contributed by atoms with Gasteiger partial charge in [0, 0.05) is 36.1 Å². The summed E-state index contributed by atoms with van der Waals surface area (Å²) in [4.78, 5) is 20.7. The highest BCUT2D eigenvalue weighted by Gasteiger charge is 2.35. The standard InChI is InChI=1S/C26H29N3O4/c1-31-23-12-16(13-24(32-2)25(23)33-3)22-14-20(19-6-4-5-7-21(19)28-22)26(30)27-17-10-11-29(15-17)18-8-9-18/h4-7,12-14,17-18H,8-11,15H2,1-3H3,(H,27,30). The molecule has 33 heavy (non-hydrogen) atoms. The molecule has 7 heteroatoms. The molecule has 2 aromatic carbocycles. The number of hydrogen-bond donors (Lipinski definition) is 1. The van der Waals surface area contributed by atoms with Crippen molar-refractivity contribution in [3.05, 3.63) is 48.0 Å². The Hall–Kier alpha value is -3.32. The molecule has 0 spiro atoms. The molecule has 0 radical (unpaired) electrons. The molecule has 0 bridgehead atoms. The van der Waals surface area contributed by atoms with Crippen molar-refractivity contribution in [1.82, 2.24) is 15.2 Å². The average Bonchev–Trinajstić information content (AvgIpc) is 3.60. The number of para-hydroxylation sites is 1. The SMILES string of the molecule is COc1cc(-c2cc(C(=O)NC3CCN(C4CC4)C3)c3ccccc3n2)cc(OC)c1OC. The maximum Gasteiger partial charge on any atom is 0.252 e. The third-order valence-electron chi connectivity index (χ3n) is 6.54. The molecule has 2 aliphatic rings. The van der Waals surface area contributed by atoms with E-state index in [0.717, 1.165) is 42.0 Å². The second-order valence-corrected chi connectivity index (χ2v) is 8.67. The summed E-state index contributed by atoms with van der Waals surface area (Å²) in [7, 11) is 4.74. The van der Waals surface area contributed by atoms with Crippen molar-refractivity contribution in [1.29, 1.82) is 0 Å². The van der Waals surface area contributed by atoms with Crippen LogP contribution in [0.5, 0.6) is 17.2 Å². The van der Waals surface area contributed by atoms with Crippen molar-refractivity contribution in [2.24, 2.45) is 0 Å². The van der Waals surface area contributed by atoms with E-state index >= 15 is 0 Å². The van der Waals surface area contributed by atoms with Gasteiger partial charge < -0.3 is 19.5 Å². The highest BCUT2D eigenvalue weighted by atomic mass is 16.5. The second kappa shape index (κ2) is 8.90. The highest BCUT2D eigenvalue weighted by Crippen LogP contribution is 2.41. The van der Waals surface area contributed by atoms with E-state index in [1.165, 1.54) is 12.8 Å². The number of methoxy groups -OCH3 is 3. The lowest BCUT2D eigenvalue weighted by Crippen LogP contribution is -2.37. The zero-order valence-corrected chi connectivity index (χ0v) is 19.3. The topological polar surface area (TPSA) is 72.9 Å². The Labute approximate surface area is 193 Å². The number of amides is 1. The summed E-state index contributed by atoms with van der Waals surface area (Å²) in [5.74, 6) is 1.53. The number of fused-ring (bicyclic) bond motifs is 1. The zero-order valence-electron chi connectivity index (χ0n) is 19.3. The summed E-state index contributed by atoms with van der Waals surface area (Å²) >= 11 is 0. The van der Waals surface area contributed by atoms with Crippen LogP contribution in [0.15, 0.2) is 42.5 Å². The van der Waals surface area contributed by atoms with Gasteiger partial charge in [-0.25, -0.2) is 4.98 Å². The molecule has 1 amide bonds. The van der Waals surface area contributed by atoms with Gasteiger partial charge in [0.25, 0.3) is 5.91 Å². The van der Waals surface area contributed by atoms with E-state index in [0.29, 0.717) is 28.5 Å². The van der Waals surface area contributed by atoms with Crippen molar-refractivity contribution in [2.45, 2.75) is 31.3 Å². The predicted molar refractivity (Wildman–Crippen MR) is 127 cm³/mol. The van der Waals surface area contributed by atoms with Crippen LogP contribution >= 0.6 is 0 Å². The van der Waals surface area contributed by atoms with E-state index in [2.05, 4.69) is 10.2 Å². The molecule has 7 nitrogen and oxygen atoms in total. The lowest BCUT2D eigenvalue weighted by molar-refractivity contribution is 0.0939. The fourth-order valence-electron chi connectivity index (χ4n) is 4.68. The Morgan fingerprint density at radius 2 is 1.73 bits per heavy atom. The third-order valence-corrected chi connectivity index (χ3v) is 6.54. The molecule has 5 rings (SSSR count). The molecule has 1 N–H and O–H groups in total. The fraction of sp³-hybridized carbons (Fsp3) is 0.385. The minimum absolute atomic E-state index is 0.0649. The van der Waals surface area contributed by atoms with Gasteiger partial charge >= 0.3 is 0 Å². The fourth-order valence-corrected chi connectivity index (χ4v) is 4.68. The lowest BCUT2D eigenvalue weighted by atomic mass is 10.0. The highest BCUT2D eigenvalue weighted by molar-refractivity contribution is 6.07. The quantitative estimate of drug-likeness (QED) is 0.592. The molecule has 1 atom stereocenters. The zero-order chi connectivity index (χ0) is 22.9. The molecule has 1 aliphatic heterocycles. The Morgan fingerprint density at radius 1 is 1.00 bits per heavy atom. The van der Waals surface area contributed by atoms with Crippen molar-refractivity contribution < 1.29 is 19.0 Å². The molecule has 172 valence electrons. The van der Waals surface area contributed by atoms with Crippen LogP contribution < -0.4 is 19.5 Å². The molecule has 1 aromatic heterocycles. The maximum absolute atomic E-state index is 13.4. The number of rotatable bonds is 7. The Kier molecular flexibility index (Phi) is 5.81. The number of benzene rings is 2. The van der Waals surface area contributed by atoms with Crippen LogP contribution in [-0.4, -0.2) is 62.3 Å². The third kappa shape index (κ3) is 4.20. The van der Waals surface area contributed by atoms with Gasteiger partial charge in [-0.3, -0.25) is 9.69 Å². The van der Waals surface area contributed by atoms with Gasteiger partial charge in [-0.2, -0.15) is 0 Å². The molecule has 1 saturated heterocycles. The molecule has 1 aliphatic carbocycles. The van der Waals surface area contributed by atoms with Gasteiger partial charge in [-0.1, -0.05) is 18.2 Å². The van der Waals surface area contributed by atoms with Crippen LogP contribution in [-0.2, 0) is 0 Å². The number of ether oxygens (including phenoxy) is 3. The van der Waals surface area contributed by atoms with Gasteiger partial charge in [-0.05, 0) is 43.5 Å². The van der Waals surface area contributed by atoms with E-state index in [1.54, 1.807) is 21.3 Å². The van der Waals surface area contributed by atoms with E-state index in [-0.39, 0.29) is 11.9 Å². The van der Waals surface area contributed by atoms with Gasteiger partial charge in [-0.15, -0.1) is 0 Å². The van der Waals surface area contributed by atoms with Crippen molar-refractivity contribution in [2.75, 3.05) is 34.4 Å². The average molecular weight is 448 g/mol. The summed E-state index contributed by atoms with van der Waals surface area (Å²) in [5.41, 5.74) is 2.84. The smallest absolute Gasteiger partial charge is 0.252 e. The van der Waals surface area contributed by atoms with Crippen molar-refractivity contribution in [3.63, 3.8) is 0 Å². The Morgan fingerprint density at radius 3 is 2.39 bits per heavy atom. The Bertz CT molecular complexity index is 1170. The minimum atomic E-state index is -0.0649. The first kappa shape index (κ1) is 21.5. The molecule has 3 aromatic rings. The lowest BCUT2D eigenvalue weighted by Gasteiger charge is -2.17. The molecule has 1 saturated carbocycles. The molecular formula is C26H29N3O4. The monoisotopic (exact) mass is 447 g/mol. The molecule has 2 fully saturated rings. The van der Waals surface area contributed by atoms with Crippen LogP contribution in [0.1, 0.15) is 29.6 Å². The number of nitrogens with one attached hydrogen (secondary N) is 1. The summed E-state index contributed by atoms with van der Waals surface area (Å²) in [6.45, 7) is 1.99. The van der Waals surface area contributed by atoms with Crippen LogP contribution in [0.4, 0.5) is 0 Å². The number of hydrogen-bond acceptors (Lipinski definition) is 6. The maximum atomic E-state index is 13.4. The number of likely N-dealkylation sites (tertiary alicyclic amines) is 1.